The minimum atomic E-state index is 0.602. The Balaban J connectivity index is 4.36. The molecule has 0 aromatic carbocycles. The molecule has 72 valence electrons. The summed E-state index contributed by atoms with van der Waals surface area (Å²) >= 11 is 0. The molecule has 0 spiro atoms. The zero-order valence-electron chi connectivity index (χ0n) is 8.76. The first-order chi connectivity index (χ1) is 6.15. The van der Waals surface area contributed by atoms with E-state index >= 15 is 0 Å². The predicted molar refractivity (Wildman–Crippen MR) is 59.5 cm³/mol. The van der Waals surface area contributed by atoms with Crippen LogP contribution in [0.4, 0.5) is 0 Å². The van der Waals surface area contributed by atoms with Gasteiger partial charge in [-0.3, -0.25) is 4.99 Å². The maximum absolute atomic E-state index is 4.10. The maximum Gasteiger partial charge on any atom is 0.217 e. The van der Waals surface area contributed by atoms with Gasteiger partial charge >= 0.3 is 0 Å². The van der Waals surface area contributed by atoms with Gasteiger partial charge in [-0.1, -0.05) is 12.7 Å². The Hall–Kier alpha value is -1.38. The van der Waals surface area contributed by atoms with Gasteiger partial charge in [-0.25, -0.2) is 4.99 Å². The van der Waals surface area contributed by atoms with Gasteiger partial charge in [-0.2, -0.15) is 0 Å². The van der Waals surface area contributed by atoms with Gasteiger partial charge in [-0.15, -0.1) is 0 Å². The van der Waals surface area contributed by atoms with E-state index < -0.39 is 0 Å². The average Bonchev–Trinajstić information content (AvgIpc) is 2.17. The van der Waals surface area contributed by atoms with Crippen molar-refractivity contribution < 1.29 is 0 Å². The molecule has 3 heteroatoms. The predicted octanol–water partition coefficient (Wildman–Crippen LogP) is 1.78. The normalized spacial score (nSPS) is 13.5. The second-order valence-electron chi connectivity index (χ2n) is 2.55. The zero-order chi connectivity index (χ0) is 10.3. The lowest BCUT2D eigenvalue weighted by atomic mass is 10.1. The Morgan fingerprint density at radius 3 is 2.46 bits per heavy atom. The number of nitrogens with one attached hydrogen (secondary N) is 1. The highest BCUT2D eigenvalue weighted by molar-refractivity contribution is 5.94. The highest BCUT2D eigenvalue weighted by Crippen LogP contribution is 2.02. The Bertz CT molecular complexity index is 259. The number of rotatable bonds is 2. The Kier molecular flexibility index (Phi) is 5.52. The SMILES string of the molecule is C=C(/C=N\C(=N/C)NC)/C(C)=C/C. The van der Waals surface area contributed by atoms with Gasteiger partial charge in [-0.05, 0) is 25.0 Å². The molecule has 0 saturated heterocycles. The number of aliphatic imine (C=N–C) groups is 2. The molecule has 0 aromatic heterocycles. The zero-order valence-corrected chi connectivity index (χ0v) is 8.76. The van der Waals surface area contributed by atoms with Crippen LogP contribution in [0, 0.1) is 0 Å². The van der Waals surface area contributed by atoms with E-state index in [4.69, 9.17) is 0 Å². The summed E-state index contributed by atoms with van der Waals surface area (Å²) in [5.41, 5.74) is 2.02. The third kappa shape index (κ3) is 4.25. The Labute approximate surface area is 80.0 Å². The quantitative estimate of drug-likeness (QED) is 0.391. The molecular weight excluding hydrogens is 162 g/mol. The topological polar surface area (TPSA) is 36.8 Å². The molecule has 0 saturated carbocycles. The third-order valence-corrected chi connectivity index (χ3v) is 1.72. The minimum Gasteiger partial charge on any atom is -0.358 e. The summed E-state index contributed by atoms with van der Waals surface area (Å²) in [5.74, 6) is 0.602. The summed E-state index contributed by atoms with van der Waals surface area (Å²) in [6, 6.07) is 0. The van der Waals surface area contributed by atoms with Crippen LogP contribution in [-0.2, 0) is 0 Å². The number of hydrogen-bond acceptors (Lipinski definition) is 1. The summed E-state index contributed by atoms with van der Waals surface area (Å²) in [6.45, 7) is 7.84. The van der Waals surface area contributed by atoms with Crippen molar-refractivity contribution in [2.75, 3.05) is 14.1 Å². The van der Waals surface area contributed by atoms with Crippen molar-refractivity contribution in [3.05, 3.63) is 23.8 Å². The Morgan fingerprint density at radius 2 is 2.08 bits per heavy atom. The molecule has 0 heterocycles. The lowest BCUT2D eigenvalue weighted by Crippen LogP contribution is -2.15. The minimum absolute atomic E-state index is 0.602. The monoisotopic (exact) mass is 179 g/mol. The van der Waals surface area contributed by atoms with Crippen LogP contribution in [0.15, 0.2) is 33.8 Å². The fraction of sp³-hybridized carbons (Fsp3) is 0.400. The second-order valence-corrected chi connectivity index (χ2v) is 2.55. The van der Waals surface area contributed by atoms with Crippen molar-refractivity contribution in [3.63, 3.8) is 0 Å². The highest BCUT2D eigenvalue weighted by atomic mass is 15.1. The molecule has 0 amide bonds. The first-order valence-electron chi connectivity index (χ1n) is 4.16. The van der Waals surface area contributed by atoms with E-state index in [2.05, 4.69) is 21.9 Å². The van der Waals surface area contributed by atoms with E-state index in [0.29, 0.717) is 5.96 Å². The molecule has 0 aromatic rings. The van der Waals surface area contributed by atoms with Crippen LogP contribution in [0.2, 0.25) is 0 Å². The molecule has 0 radical (unpaired) electrons. The summed E-state index contributed by atoms with van der Waals surface area (Å²) in [5, 5.41) is 2.86. The van der Waals surface area contributed by atoms with Crippen molar-refractivity contribution in [1.82, 2.24) is 5.32 Å². The van der Waals surface area contributed by atoms with Crippen molar-refractivity contribution in [1.29, 1.82) is 0 Å². The van der Waals surface area contributed by atoms with Gasteiger partial charge in [0.05, 0.1) is 0 Å². The molecule has 0 aliphatic heterocycles. The van der Waals surface area contributed by atoms with E-state index in [9.17, 15) is 0 Å². The molecule has 0 unspecified atom stereocenters. The smallest absolute Gasteiger partial charge is 0.217 e. The van der Waals surface area contributed by atoms with Crippen LogP contribution < -0.4 is 5.32 Å². The van der Waals surface area contributed by atoms with Crippen LogP contribution >= 0.6 is 0 Å². The van der Waals surface area contributed by atoms with Gasteiger partial charge in [0.25, 0.3) is 0 Å². The van der Waals surface area contributed by atoms with Gasteiger partial charge < -0.3 is 5.32 Å². The van der Waals surface area contributed by atoms with E-state index in [0.717, 1.165) is 11.1 Å². The van der Waals surface area contributed by atoms with E-state index in [-0.39, 0.29) is 0 Å². The molecule has 1 N–H and O–H groups in total. The third-order valence-electron chi connectivity index (χ3n) is 1.72. The number of hydrogen-bond donors (Lipinski definition) is 1. The van der Waals surface area contributed by atoms with Gasteiger partial charge in [0, 0.05) is 20.3 Å². The van der Waals surface area contributed by atoms with Crippen molar-refractivity contribution in [3.8, 4) is 0 Å². The van der Waals surface area contributed by atoms with Crippen molar-refractivity contribution >= 4 is 12.2 Å². The Morgan fingerprint density at radius 1 is 1.46 bits per heavy atom. The lowest BCUT2D eigenvalue weighted by Gasteiger charge is -1.99. The molecule has 0 aliphatic carbocycles. The number of guanidine groups is 1. The molecular formula is C10H17N3. The average molecular weight is 179 g/mol. The molecule has 0 bridgehead atoms. The number of nitrogens with zero attached hydrogens (tertiary/aromatic N) is 2. The van der Waals surface area contributed by atoms with E-state index in [1.54, 1.807) is 20.3 Å². The van der Waals surface area contributed by atoms with Crippen LogP contribution in [0.3, 0.4) is 0 Å². The van der Waals surface area contributed by atoms with Gasteiger partial charge in [0.15, 0.2) is 0 Å². The maximum atomic E-state index is 4.10. The fourth-order valence-electron chi connectivity index (χ4n) is 0.660. The first-order valence-corrected chi connectivity index (χ1v) is 4.16. The second kappa shape index (κ2) is 6.17. The molecule has 0 atom stereocenters. The lowest BCUT2D eigenvalue weighted by molar-refractivity contribution is 1.12. The fourth-order valence-corrected chi connectivity index (χ4v) is 0.660. The van der Waals surface area contributed by atoms with Crippen LogP contribution in [0.5, 0.6) is 0 Å². The summed E-state index contributed by atoms with van der Waals surface area (Å²) in [7, 11) is 3.47. The van der Waals surface area contributed by atoms with E-state index in [1.807, 2.05) is 19.9 Å². The van der Waals surface area contributed by atoms with Crippen LogP contribution in [-0.4, -0.2) is 26.3 Å². The van der Waals surface area contributed by atoms with Crippen molar-refractivity contribution in [2.45, 2.75) is 13.8 Å². The van der Waals surface area contributed by atoms with Gasteiger partial charge in [0.2, 0.25) is 5.96 Å². The molecule has 0 rings (SSSR count). The van der Waals surface area contributed by atoms with Gasteiger partial charge in [0.1, 0.15) is 0 Å². The summed E-state index contributed by atoms with van der Waals surface area (Å²) in [6.07, 6.45) is 3.70. The summed E-state index contributed by atoms with van der Waals surface area (Å²) in [4.78, 5) is 8.01. The standard InChI is InChI=1S/C10H17N3/c1-6-8(2)9(3)7-13-10(11-4)12-5/h6-7H,3H2,1-2,4-5H3,(H,11,12)/b8-6+,13-7-. The van der Waals surface area contributed by atoms with Crippen molar-refractivity contribution in [2.24, 2.45) is 9.98 Å². The highest BCUT2D eigenvalue weighted by Gasteiger charge is 1.92. The number of allylic oxidation sites excluding steroid dienone is 3. The van der Waals surface area contributed by atoms with E-state index in [1.165, 1.54) is 0 Å². The molecule has 0 fully saturated rings. The summed E-state index contributed by atoms with van der Waals surface area (Å²) < 4.78 is 0. The first kappa shape index (κ1) is 11.6. The molecule has 13 heavy (non-hydrogen) atoms. The van der Waals surface area contributed by atoms with Crippen LogP contribution in [0.25, 0.3) is 0 Å². The van der Waals surface area contributed by atoms with Crippen LogP contribution in [0.1, 0.15) is 13.8 Å². The molecule has 0 aliphatic rings. The largest absolute Gasteiger partial charge is 0.358 e. The molecule has 3 nitrogen and oxygen atoms in total.